The Morgan fingerprint density at radius 1 is 1.18 bits per heavy atom. The van der Waals surface area contributed by atoms with Gasteiger partial charge in [0.05, 0.1) is 0 Å². The number of hydrogen-bond acceptors (Lipinski definition) is 3. The molecule has 2 atom stereocenters. The van der Waals surface area contributed by atoms with E-state index < -0.39 is 0 Å². The van der Waals surface area contributed by atoms with E-state index in [0.717, 1.165) is 32.2 Å². The summed E-state index contributed by atoms with van der Waals surface area (Å²) in [5, 5.41) is 0. The summed E-state index contributed by atoms with van der Waals surface area (Å²) in [6.07, 6.45) is 2.65. The zero-order valence-corrected chi connectivity index (χ0v) is 11.4. The summed E-state index contributed by atoms with van der Waals surface area (Å²) >= 11 is 0. The van der Waals surface area contributed by atoms with Crippen LogP contribution in [0.15, 0.2) is 0 Å². The van der Waals surface area contributed by atoms with Crippen molar-refractivity contribution in [1.82, 2.24) is 14.7 Å². The van der Waals surface area contributed by atoms with Crippen molar-refractivity contribution in [2.24, 2.45) is 0 Å². The fourth-order valence-electron chi connectivity index (χ4n) is 2.96. The Morgan fingerprint density at radius 3 is 2.29 bits per heavy atom. The molecular formula is C13H25N3O. The minimum Gasteiger partial charge on any atom is -0.340 e. The van der Waals surface area contributed by atoms with Gasteiger partial charge in [0.2, 0.25) is 5.91 Å². The first-order valence-electron chi connectivity index (χ1n) is 6.77. The molecule has 0 aromatic rings. The van der Waals surface area contributed by atoms with Crippen LogP contribution in [0.3, 0.4) is 0 Å². The third-order valence-electron chi connectivity index (χ3n) is 4.48. The largest absolute Gasteiger partial charge is 0.340 e. The third kappa shape index (κ3) is 2.99. The molecule has 98 valence electrons. The van der Waals surface area contributed by atoms with Crippen molar-refractivity contribution in [2.45, 2.75) is 38.8 Å². The van der Waals surface area contributed by atoms with Gasteiger partial charge in [-0.3, -0.25) is 14.6 Å². The molecule has 2 aliphatic heterocycles. The van der Waals surface area contributed by atoms with Crippen molar-refractivity contribution >= 4 is 5.91 Å². The molecule has 0 N–H and O–H groups in total. The van der Waals surface area contributed by atoms with Crippen LogP contribution in [0, 0.1) is 0 Å². The van der Waals surface area contributed by atoms with E-state index in [-0.39, 0.29) is 5.91 Å². The van der Waals surface area contributed by atoms with Gasteiger partial charge in [-0.25, -0.2) is 0 Å². The second-order valence-electron chi connectivity index (χ2n) is 5.55. The lowest BCUT2D eigenvalue weighted by Gasteiger charge is -2.37. The molecule has 2 aliphatic rings. The van der Waals surface area contributed by atoms with Crippen LogP contribution < -0.4 is 0 Å². The fraction of sp³-hybridized carbons (Fsp3) is 0.923. The van der Waals surface area contributed by atoms with Crippen molar-refractivity contribution in [3.05, 3.63) is 0 Å². The van der Waals surface area contributed by atoms with Crippen molar-refractivity contribution in [1.29, 1.82) is 0 Å². The zero-order valence-electron chi connectivity index (χ0n) is 11.4. The van der Waals surface area contributed by atoms with Crippen LogP contribution in [0.25, 0.3) is 0 Å². The molecule has 0 aromatic carbocycles. The zero-order chi connectivity index (χ0) is 12.4. The molecule has 4 heteroatoms. The Balaban J connectivity index is 1.77. The lowest BCUT2D eigenvalue weighted by atomic mass is 10.2. The van der Waals surface area contributed by atoms with Crippen LogP contribution >= 0.6 is 0 Å². The maximum absolute atomic E-state index is 11.2. The molecule has 2 saturated heterocycles. The van der Waals surface area contributed by atoms with Gasteiger partial charge in [-0.15, -0.1) is 0 Å². The average Bonchev–Trinajstić information content (AvgIpc) is 2.62. The maximum Gasteiger partial charge on any atom is 0.219 e. The van der Waals surface area contributed by atoms with E-state index >= 15 is 0 Å². The summed E-state index contributed by atoms with van der Waals surface area (Å²) in [7, 11) is 2.24. The van der Waals surface area contributed by atoms with E-state index in [0.29, 0.717) is 6.04 Å². The lowest BCUT2D eigenvalue weighted by molar-refractivity contribution is -0.130. The van der Waals surface area contributed by atoms with Crippen LogP contribution in [0.2, 0.25) is 0 Å². The van der Waals surface area contributed by atoms with E-state index in [1.807, 2.05) is 4.90 Å². The molecule has 0 spiro atoms. The summed E-state index contributed by atoms with van der Waals surface area (Å²) in [6, 6.07) is 1.45. The van der Waals surface area contributed by atoms with E-state index in [4.69, 9.17) is 0 Å². The number of likely N-dealkylation sites (tertiary alicyclic amines) is 1. The highest BCUT2D eigenvalue weighted by Crippen LogP contribution is 2.22. The minimum absolute atomic E-state index is 0.219. The molecule has 17 heavy (non-hydrogen) atoms. The molecule has 4 nitrogen and oxygen atoms in total. The van der Waals surface area contributed by atoms with Crippen molar-refractivity contribution in [3.63, 3.8) is 0 Å². The summed E-state index contributed by atoms with van der Waals surface area (Å²) < 4.78 is 0. The predicted molar refractivity (Wildman–Crippen MR) is 68.9 cm³/mol. The fourth-order valence-corrected chi connectivity index (χ4v) is 2.96. The summed E-state index contributed by atoms with van der Waals surface area (Å²) in [4.78, 5) is 18.2. The normalized spacial score (nSPS) is 32.1. The lowest BCUT2D eigenvalue weighted by Crippen LogP contribution is -2.51. The van der Waals surface area contributed by atoms with Gasteiger partial charge in [0, 0.05) is 51.7 Å². The van der Waals surface area contributed by atoms with E-state index in [9.17, 15) is 4.79 Å². The molecule has 0 radical (unpaired) electrons. The first-order chi connectivity index (χ1) is 8.08. The van der Waals surface area contributed by atoms with Crippen LogP contribution in [0.1, 0.15) is 26.7 Å². The first kappa shape index (κ1) is 12.8. The molecule has 2 rings (SSSR count). The van der Waals surface area contributed by atoms with Crippen molar-refractivity contribution in [3.8, 4) is 0 Å². The number of piperazine rings is 1. The monoisotopic (exact) mass is 239 g/mol. The highest BCUT2D eigenvalue weighted by Gasteiger charge is 2.29. The molecule has 2 fully saturated rings. The average molecular weight is 239 g/mol. The molecule has 0 bridgehead atoms. The highest BCUT2D eigenvalue weighted by molar-refractivity contribution is 5.73. The van der Waals surface area contributed by atoms with Gasteiger partial charge < -0.3 is 4.90 Å². The van der Waals surface area contributed by atoms with Crippen LogP contribution in [-0.4, -0.2) is 72.5 Å². The number of hydrogen-bond donors (Lipinski definition) is 0. The Kier molecular flexibility index (Phi) is 4.05. The highest BCUT2D eigenvalue weighted by atomic mass is 16.2. The molecule has 0 aromatic heterocycles. The maximum atomic E-state index is 11.2. The summed E-state index contributed by atoms with van der Waals surface area (Å²) in [5.41, 5.74) is 0. The number of amides is 1. The Labute approximate surface area is 105 Å². The van der Waals surface area contributed by atoms with Gasteiger partial charge in [-0.05, 0) is 26.8 Å². The Hall–Kier alpha value is -0.610. The number of likely N-dealkylation sites (N-methyl/N-ethyl adjacent to an activating group) is 1. The van der Waals surface area contributed by atoms with Crippen LogP contribution in [-0.2, 0) is 4.79 Å². The molecule has 0 saturated carbocycles. The SMILES string of the molecule is CC(=O)N1CCN(CC2CCC(C)N2C)CC1. The smallest absolute Gasteiger partial charge is 0.219 e. The van der Waals surface area contributed by atoms with E-state index in [2.05, 4.69) is 23.8 Å². The Morgan fingerprint density at radius 2 is 1.82 bits per heavy atom. The molecule has 1 amide bonds. The first-order valence-corrected chi connectivity index (χ1v) is 6.77. The topological polar surface area (TPSA) is 26.8 Å². The second-order valence-corrected chi connectivity index (χ2v) is 5.55. The van der Waals surface area contributed by atoms with Crippen LogP contribution in [0.5, 0.6) is 0 Å². The van der Waals surface area contributed by atoms with Crippen molar-refractivity contribution < 1.29 is 4.79 Å². The van der Waals surface area contributed by atoms with Gasteiger partial charge in [-0.1, -0.05) is 0 Å². The van der Waals surface area contributed by atoms with E-state index in [1.54, 1.807) is 6.92 Å². The molecular weight excluding hydrogens is 214 g/mol. The van der Waals surface area contributed by atoms with Gasteiger partial charge in [-0.2, -0.15) is 0 Å². The molecule has 0 aliphatic carbocycles. The minimum atomic E-state index is 0.219. The standard InChI is InChI=1S/C13H25N3O/c1-11-4-5-13(14(11)3)10-15-6-8-16(9-7-15)12(2)17/h11,13H,4-10H2,1-3H3. The second kappa shape index (κ2) is 5.36. The van der Waals surface area contributed by atoms with Gasteiger partial charge in [0.1, 0.15) is 0 Å². The number of carbonyl (C=O) groups is 1. The Bertz CT molecular complexity index is 274. The quantitative estimate of drug-likeness (QED) is 0.707. The number of rotatable bonds is 2. The summed E-state index contributed by atoms with van der Waals surface area (Å²) in [6.45, 7) is 9.04. The molecule has 2 heterocycles. The van der Waals surface area contributed by atoms with Crippen LogP contribution in [0.4, 0.5) is 0 Å². The molecule has 2 unspecified atom stereocenters. The third-order valence-corrected chi connectivity index (χ3v) is 4.48. The summed E-state index contributed by atoms with van der Waals surface area (Å²) in [5.74, 6) is 0.219. The van der Waals surface area contributed by atoms with Crippen molar-refractivity contribution in [2.75, 3.05) is 39.8 Å². The van der Waals surface area contributed by atoms with E-state index in [1.165, 1.54) is 19.4 Å². The van der Waals surface area contributed by atoms with Gasteiger partial charge >= 0.3 is 0 Å². The number of carbonyl (C=O) groups excluding carboxylic acids is 1. The van der Waals surface area contributed by atoms with Gasteiger partial charge in [0.25, 0.3) is 0 Å². The predicted octanol–water partition coefficient (Wildman–Crippen LogP) is 0.633. The number of nitrogens with zero attached hydrogens (tertiary/aromatic N) is 3. The van der Waals surface area contributed by atoms with Gasteiger partial charge in [0.15, 0.2) is 0 Å².